The zero-order chi connectivity index (χ0) is 22.4. The van der Waals surface area contributed by atoms with Gasteiger partial charge < -0.3 is 24.3 Å². The second-order valence-electron chi connectivity index (χ2n) is 6.32. The molecular formula is C23H22ClNO6. The number of benzene rings is 2. The molecule has 31 heavy (non-hydrogen) atoms. The minimum absolute atomic E-state index is 0.00513. The number of methoxy groups -OCH3 is 1. The Labute approximate surface area is 185 Å². The number of Topliss-reactive ketones (excluding diaryl/α,β-unsaturated/α-hetero) is 1. The van der Waals surface area contributed by atoms with E-state index in [1.165, 1.54) is 13.2 Å². The molecule has 8 heteroatoms. The molecule has 1 aliphatic rings. The van der Waals surface area contributed by atoms with Gasteiger partial charge in [-0.3, -0.25) is 4.79 Å². The fourth-order valence-corrected chi connectivity index (χ4v) is 3.24. The maximum atomic E-state index is 13.0. The third-order valence-electron chi connectivity index (χ3n) is 4.23. The Hall–Kier alpha value is -3.45. The summed E-state index contributed by atoms with van der Waals surface area (Å²) in [7, 11) is 1.49. The number of ketones is 1. The summed E-state index contributed by atoms with van der Waals surface area (Å²) < 4.78 is 21.6. The summed E-state index contributed by atoms with van der Waals surface area (Å²) in [5.41, 5.74) is 0.989. The van der Waals surface area contributed by atoms with Crippen molar-refractivity contribution in [2.75, 3.05) is 25.6 Å². The van der Waals surface area contributed by atoms with Crippen molar-refractivity contribution in [3.63, 3.8) is 0 Å². The molecule has 0 aliphatic carbocycles. The predicted octanol–water partition coefficient (Wildman–Crippen LogP) is 4.57. The number of rotatable bonds is 8. The average molecular weight is 444 g/mol. The molecular weight excluding hydrogens is 422 g/mol. The normalized spacial score (nSPS) is 14.5. The predicted molar refractivity (Wildman–Crippen MR) is 117 cm³/mol. The van der Waals surface area contributed by atoms with E-state index in [9.17, 15) is 9.59 Å². The largest absolute Gasteiger partial charge is 0.491 e. The lowest BCUT2D eigenvalue weighted by molar-refractivity contribution is -0.139. The molecule has 3 rings (SSSR count). The number of halogens is 1. The van der Waals surface area contributed by atoms with Gasteiger partial charge in [0.2, 0.25) is 11.7 Å². The molecule has 0 saturated carbocycles. The summed E-state index contributed by atoms with van der Waals surface area (Å²) in [5, 5.41) is 3.27. The molecule has 0 unspecified atom stereocenters. The van der Waals surface area contributed by atoms with E-state index >= 15 is 0 Å². The first-order valence-electron chi connectivity index (χ1n) is 9.66. The average Bonchev–Trinajstić information content (AvgIpc) is 3.04. The Kier molecular flexibility index (Phi) is 7.20. The summed E-state index contributed by atoms with van der Waals surface area (Å²) in [6, 6.07) is 12.3. The monoisotopic (exact) mass is 443 g/mol. The van der Waals surface area contributed by atoms with E-state index in [0.29, 0.717) is 34.4 Å². The van der Waals surface area contributed by atoms with Crippen LogP contribution >= 0.6 is 11.6 Å². The van der Waals surface area contributed by atoms with Crippen molar-refractivity contribution in [2.45, 2.75) is 13.8 Å². The van der Waals surface area contributed by atoms with Crippen LogP contribution in [0.15, 0.2) is 59.7 Å². The molecule has 0 bridgehead atoms. The fraction of sp³-hybridized carbons (Fsp3) is 0.217. The second kappa shape index (κ2) is 10.0. The number of ether oxygens (including phenoxy) is 4. The standard InChI is InChI=1S/C23H22ClNO6/c1-4-29-18-13-14(11-16(24)21(18)28-3)12-17-20(26)19(23(27)30-5-2)22(31-17)25-15-9-7-6-8-10-15/h6-13,25H,4-5H2,1-3H3/b17-12-. The molecule has 2 aromatic rings. The minimum Gasteiger partial charge on any atom is -0.491 e. The molecule has 7 nitrogen and oxygen atoms in total. The quantitative estimate of drug-likeness (QED) is 0.363. The van der Waals surface area contributed by atoms with Gasteiger partial charge in [-0.15, -0.1) is 0 Å². The minimum atomic E-state index is -0.767. The van der Waals surface area contributed by atoms with Crippen LogP contribution in [0.1, 0.15) is 19.4 Å². The number of hydrogen-bond acceptors (Lipinski definition) is 7. The van der Waals surface area contributed by atoms with Gasteiger partial charge in [0.25, 0.3) is 0 Å². The van der Waals surface area contributed by atoms with Crippen LogP contribution in [0.2, 0.25) is 5.02 Å². The maximum absolute atomic E-state index is 13.0. The van der Waals surface area contributed by atoms with Crippen LogP contribution in [0, 0.1) is 0 Å². The van der Waals surface area contributed by atoms with E-state index in [4.69, 9.17) is 30.5 Å². The van der Waals surface area contributed by atoms with Gasteiger partial charge in [0.1, 0.15) is 0 Å². The van der Waals surface area contributed by atoms with Gasteiger partial charge in [-0.2, -0.15) is 0 Å². The van der Waals surface area contributed by atoms with E-state index < -0.39 is 11.8 Å². The second-order valence-corrected chi connectivity index (χ2v) is 6.73. The zero-order valence-corrected chi connectivity index (χ0v) is 18.1. The Morgan fingerprint density at radius 1 is 1.16 bits per heavy atom. The number of anilines is 1. The van der Waals surface area contributed by atoms with Crippen molar-refractivity contribution in [2.24, 2.45) is 0 Å². The molecule has 0 aromatic heterocycles. The third kappa shape index (κ3) is 5.00. The highest BCUT2D eigenvalue weighted by Gasteiger charge is 2.37. The van der Waals surface area contributed by atoms with Crippen molar-refractivity contribution in [1.82, 2.24) is 0 Å². The van der Waals surface area contributed by atoms with Crippen LogP contribution in [0.5, 0.6) is 11.5 Å². The lowest BCUT2D eigenvalue weighted by Gasteiger charge is -2.12. The molecule has 2 aromatic carbocycles. The Balaban J connectivity index is 1.98. The lowest BCUT2D eigenvalue weighted by Crippen LogP contribution is -2.16. The SMILES string of the molecule is CCOC(=O)C1=C(Nc2ccccc2)O/C(=C\c2cc(Cl)c(OC)c(OCC)c2)C1=O. The number of carbonyl (C=O) groups excluding carboxylic acids is 2. The summed E-state index contributed by atoms with van der Waals surface area (Å²) in [6.07, 6.45) is 1.48. The summed E-state index contributed by atoms with van der Waals surface area (Å²) in [6.45, 7) is 4.02. The van der Waals surface area contributed by atoms with E-state index in [0.717, 1.165) is 0 Å². The van der Waals surface area contributed by atoms with Gasteiger partial charge in [-0.1, -0.05) is 29.8 Å². The summed E-state index contributed by atoms with van der Waals surface area (Å²) >= 11 is 6.29. The molecule has 0 amide bonds. The van der Waals surface area contributed by atoms with Crippen molar-refractivity contribution in [3.8, 4) is 11.5 Å². The molecule has 1 aliphatic heterocycles. The highest BCUT2D eigenvalue weighted by Crippen LogP contribution is 2.38. The molecule has 0 saturated heterocycles. The molecule has 0 atom stereocenters. The molecule has 0 spiro atoms. The van der Waals surface area contributed by atoms with Crippen LogP contribution in [0.4, 0.5) is 5.69 Å². The van der Waals surface area contributed by atoms with Crippen LogP contribution in [0.25, 0.3) is 6.08 Å². The number of para-hydroxylation sites is 1. The smallest absolute Gasteiger partial charge is 0.347 e. The summed E-state index contributed by atoms with van der Waals surface area (Å²) in [5.74, 6) is -0.591. The topological polar surface area (TPSA) is 83.1 Å². The van der Waals surface area contributed by atoms with Crippen LogP contribution in [-0.4, -0.2) is 32.1 Å². The Bertz CT molecular complexity index is 1050. The maximum Gasteiger partial charge on any atom is 0.347 e. The number of esters is 1. The van der Waals surface area contributed by atoms with Gasteiger partial charge in [0.05, 0.1) is 25.3 Å². The van der Waals surface area contributed by atoms with Crippen LogP contribution in [0.3, 0.4) is 0 Å². The molecule has 1 N–H and O–H groups in total. The van der Waals surface area contributed by atoms with Crippen LogP contribution < -0.4 is 14.8 Å². The van der Waals surface area contributed by atoms with Crippen molar-refractivity contribution in [1.29, 1.82) is 0 Å². The van der Waals surface area contributed by atoms with Crippen molar-refractivity contribution in [3.05, 3.63) is 70.3 Å². The van der Waals surface area contributed by atoms with E-state index in [2.05, 4.69) is 5.32 Å². The first-order chi connectivity index (χ1) is 15.0. The number of carbonyl (C=O) groups is 2. The molecule has 1 heterocycles. The fourth-order valence-electron chi connectivity index (χ4n) is 2.94. The van der Waals surface area contributed by atoms with Gasteiger partial charge in [0, 0.05) is 5.69 Å². The first kappa shape index (κ1) is 22.2. The summed E-state index contributed by atoms with van der Waals surface area (Å²) in [4.78, 5) is 25.4. The number of allylic oxidation sites excluding steroid dienone is 1. The van der Waals surface area contributed by atoms with E-state index in [1.807, 2.05) is 25.1 Å². The Morgan fingerprint density at radius 3 is 2.55 bits per heavy atom. The Morgan fingerprint density at radius 2 is 1.90 bits per heavy atom. The van der Waals surface area contributed by atoms with Crippen LogP contribution in [-0.2, 0) is 19.1 Å². The van der Waals surface area contributed by atoms with Gasteiger partial charge >= 0.3 is 5.97 Å². The number of hydrogen-bond donors (Lipinski definition) is 1. The van der Waals surface area contributed by atoms with E-state index in [1.54, 1.807) is 31.2 Å². The first-order valence-corrected chi connectivity index (χ1v) is 10.0. The van der Waals surface area contributed by atoms with Gasteiger partial charge in [-0.05, 0) is 49.8 Å². The van der Waals surface area contributed by atoms with Crippen molar-refractivity contribution >= 4 is 35.1 Å². The molecule has 0 fully saturated rings. The lowest BCUT2D eigenvalue weighted by atomic mass is 10.1. The molecule has 0 radical (unpaired) electrons. The number of nitrogens with one attached hydrogen (secondary N) is 1. The highest BCUT2D eigenvalue weighted by molar-refractivity contribution is 6.32. The van der Waals surface area contributed by atoms with Crippen molar-refractivity contribution < 1.29 is 28.5 Å². The van der Waals surface area contributed by atoms with Gasteiger partial charge in [-0.25, -0.2) is 4.79 Å². The third-order valence-corrected chi connectivity index (χ3v) is 4.52. The van der Waals surface area contributed by atoms with Gasteiger partial charge in [0.15, 0.2) is 22.8 Å². The zero-order valence-electron chi connectivity index (χ0n) is 17.4. The molecule has 162 valence electrons. The van der Waals surface area contributed by atoms with E-state index in [-0.39, 0.29) is 23.8 Å². The highest BCUT2D eigenvalue weighted by atomic mass is 35.5.